The molecule has 0 aliphatic carbocycles. The van der Waals surface area contributed by atoms with Gasteiger partial charge >= 0.3 is 0 Å². The van der Waals surface area contributed by atoms with Gasteiger partial charge in [0.05, 0.1) is 24.7 Å². The third-order valence-electron chi connectivity index (χ3n) is 4.47. The number of amides is 2. The van der Waals surface area contributed by atoms with Gasteiger partial charge in [0.25, 0.3) is 0 Å². The van der Waals surface area contributed by atoms with E-state index in [0.717, 1.165) is 42.6 Å². The van der Waals surface area contributed by atoms with Crippen LogP contribution in [0.15, 0.2) is 18.2 Å². The Hall–Kier alpha value is -2.57. The number of H-pyrrole nitrogens is 1. The predicted molar refractivity (Wildman–Crippen MR) is 94.2 cm³/mol. The number of hydrogen-bond acceptors (Lipinski definition) is 4. The molecule has 2 heterocycles. The minimum absolute atomic E-state index is 0.0740. The number of aromatic nitrogens is 2. The molecule has 0 atom stereocenters. The van der Waals surface area contributed by atoms with Gasteiger partial charge in [-0.1, -0.05) is 6.42 Å². The van der Waals surface area contributed by atoms with Gasteiger partial charge in [-0.15, -0.1) is 0 Å². The van der Waals surface area contributed by atoms with Crippen LogP contribution in [0.2, 0.25) is 0 Å². The molecular weight excluding hydrogens is 320 g/mol. The molecule has 25 heavy (non-hydrogen) atoms. The lowest BCUT2D eigenvalue weighted by Crippen LogP contribution is -2.34. The average Bonchev–Trinajstić information content (AvgIpc) is 2.92. The number of nitrogens with zero attached hydrogens (tertiary/aromatic N) is 2. The van der Waals surface area contributed by atoms with E-state index in [1.807, 2.05) is 18.2 Å². The summed E-state index contributed by atoms with van der Waals surface area (Å²) in [6.45, 7) is 1.59. The van der Waals surface area contributed by atoms with Crippen molar-refractivity contribution in [2.75, 3.05) is 20.2 Å². The molecule has 1 fully saturated rings. The summed E-state index contributed by atoms with van der Waals surface area (Å²) in [4.78, 5) is 33.4. The number of aromatic amines is 1. The Morgan fingerprint density at radius 1 is 1.36 bits per heavy atom. The number of fused-ring (bicyclic) bond motifs is 1. The summed E-state index contributed by atoms with van der Waals surface area (Å²) in [6, 6.07) is 5.60. The van der Waals surface area contributed by atoms with Crippen molar-refractivity contribution in [3.05, 3.63) is 24.0 Å². The van der Waals surface area contributed by atoms with E-state index in [4.69, 9.17) is 4.74 Å². The summed E-state index contributed by atoms with van der Waals surface area (Å²) in [5.41, 5.74) is 1.71. The van der Waals surface area contributed by atoms with Gasteiger partial charge in [0.1, 0.15) is 11.6 Å². The number of nitrogens with one attached hydrogen (secondary N) is 2. The Morgan fingerprint density at radius 3 is 3.08 bits per heavy atom. The Kier molecular flexibility index (Phi) is 5.53. The lowest BCUT2D eigenvalue weighted by Gasteiger charge is -2.19. The molecule has 2 amide bonds. The lowest BCUT2D eigenvalue weighted by atomic mass is 10.2. The molecule has 7 nitrogen and oxygen atoms in total. The zero-order valence-electron chi connectivity index (χ0n) is 14.5. The van der Waals surface area contributed by atoms with Crippen molar-refractivity contribution in [1.29, 1.82) is 0 Å². The quantitative estimate of drug-likeness (QED) is 0.839. The Bertz CT molecular complexity index is 756. The average molecular weight is 344 g/mol. The van der Waals surface area contributed by atoms with E-state index in [1.54, 1.807) is 12.0 Å². The predicted octanol–water partition coefficient (Wildman–Crippen LogP) is 1.98. The monoisotopic (exact) mass is 344 g/mol. The second-order valence-electron chi connectivity index (χ2n) is 6.28. The summed E-state index contributed by atoms with van der Waals surface area (Å²) in [5, 5.41) is 2.86. The number of ether oxygens (including phenoxy) is 1. The van der Waals surface area contributed by atoms with Crippen LogP contribution in [-0.4, -0.2) is 46.9 Å². The first-order chi connectivity index (χ1) is 12.2. The molecule has 2 N–H and O–H groups in total. The highest BCUT2D eigenvalue weighted by molar-refractivity contribution is 5.79. The van der Waals surface area contributed by atoms with Gasteiger partial charge in [0.15, 0.2) is 0 Å². The van der Waals surface area contributed by atoms with E-state index in [1.165, 1.54) is 0 Å². The molecule has 0 unspecified atom stereocenters. The van der Waals surface area contributed by atoms with E-state index in [-0.39, 0.29) is 11.8 Å². The standard InChI is InChI=1S/C18H24N4O3/c1-25-13-6-7-14-15(11-13)21-16(20-14)12-19-17(23)8-10-22-9-4-2-3-5-18(22)24/h6-7,11H,2-5,8-10,12H2,1H3,(H,19,23)(H,20,21). The van der Waals surface area contributed by atoms with Gasteiger partial charge < -0.3 is 19.9 Å². The first kappa shape index (κ1) is 17.3. The van der Waals surface area contributed by atoms with E-state index in [0.29, 0.717) is 31.8 Å². The minimum atomic E-state index is -0.0740. The number of imidazole rings is 1. The number of likely N-dealkylation sites (tertiary alicyclic amines) is 1. The van der Waals surface area contributed by atoms with Gasteiger partial charge in [-0.2, -0.15) is 0 Å². The van der Waals surface area contributed by atoms with Crippen molar-refractivity contribution in [2.45, 2.75) is 38.6 Å². The van der Waals surface area contributed by atoms with Crippen LogP contribution in [0, 0.1) is 0 Å². The summed E-state index contributed by atoms with van der Waals surface area (Å²) in [5.74, 6) is 1.54. The van der Waals surface area contributed by atoms with Crippen LogP contribution in [0.5, 0.6) is 5.75 Å². The summed E-state index contributed by atoms with van der Waals surface area (Å²) >= 11 is 0. The number of rotatable bonds is 6. The second kappa shape index (κ2) is 8.00. The largest absolute Gasteiger partial charge is 0.497 e. The summed E-state index contributed by atoms with van der Waals surface area (Å²) in [6.07, 6.45) is 3.99. The fourth-order valence-electron chi connectivity index (χ4n) is 3.03. The number of carbonyl (C=O) groups excluding carboxylic acids is 2. The molecule has 1 aliphatic rings. The molecule has 134 valence electrons. The highest BCUT2D eigenvalue weighted by atomic mass is 16.5. The molecule has 7 heteroatoms. The lowest BCUT2D eigenvalue weighted by molar-refractivity contribution is -0.131. The van der Waals surface area contributed by atoms with Crippen molar-refractivity contribution in [2.24, 2.45) is 0 Å². The van der Waals surface area contributed by atoms with Gasteiger partial charge in [0, 0.05) is 32.0 Å². The molecule has 0 bridgehead atoms. The molecule has 1 aliphatic heterocycles. The highest BCUT2D eigenvalue weighted by Crippen LogP contribution is 2.18. The van der Waals surface area contributed by atoms with Gasteiger partial charge in [-0.25, -0.2) is 4.98 Å². The van der Waals surface area contributed by atoms with E-state index >= 15 is 0 Å². The van der Waals surface area contributed by atoms with Gasteiger partial charge in [-0.3, -0.25) is 9.59 Å². The fourth-order valence-corrected chi connectivity index (χ4v) is 3.03. The Balaban J connectivity index is 1.49. The van der Waals surface area contributed by atoms with E-state index in [2.05, 4.69) is 15.3 Å². The van der Waals surface area contributed by atoms with Crippen LogP contribution in [0.25, 0.3) is 11.0 Å². The van der Waals surface area contributed by atoms with Crippen molar-refractivity contribution in [3.8, 4) is 5.75 Å². The summed E-state index contributed by atoms with van der Waals surface area (Å²) in [7, 11) is 1.62. The number of hydrogen-bond donors (Lipinski definition) is 2. The zero-order chi connectivity index (χ0) is 17.6. The van der Waals surface area contributed by atoms with E-state index in [9.17, 15) is 9.59 Å². The molecular formula is C18H24N4O3. The maximum atomic E-state index is 12.1. The van der Waals surface area contributed by atoms with Crippen molar-refractivity contribution < 1.29 is 14.3 Å². The molecule has 2 aromatic rings. The number of carbonyl (C=O) groups is 2. The molecule has 0 radical (unpaired) electrons. The number of benzene rings is 1. The highest BCUT2D eigenvalue weighted by Gasteiger charge is 2.17. The van der Waals surface area contributed by atoms with Crippen LogP contribution in [-0.2, 0) is 16.1 Å². The third kappa shape index (κ3) is 4.49. The molecule has 1 aromatic carbocycles. The SMILES string of the molecule is COc1ccc2nc(CNC(=O)CCN3CCCCCC3=O)[nH]c2c1. The van der Waals surface area contributed by atoms with Crippen LogP contribution < -0.4 is 10.1 Å². The topological polar surface area (TPSA) is 87.3 Å². The fraction of sp³-hybridized carbons (Fsp3) is 0.500. The smallest absolute Gasteiger partial charge is 0.222 e. The molecule has 1 aromatic heterocycles. The first-order valence-electron chi connectivity index (χ1n) is 8.73. The third-order valence-corrected chi connectivity index (χ3v) is 4.47. The molecule has 0 spiro atoms. The van der Waals surface area contributed by atoms with Crippen LogP contribution in [0.1, 0.15) is 37.9 Å². The molecule has 1 saturated heterocycles. The van der Waals surface area contributed by atoms with E-state index < -0.39 is 0 Å². The molecule has 3 rings (SSSR count). The maximum Gasteiger partial charge on any atom is 0.222 e. The van der Waals surface area contributed by atoms with Crippen LogP contribution >= 0.6 is 0 Å². The summed E-state index contributed by atoms with van der Waals surface area (Å²) < 4.78 is 5.19. The van der Waals surface area contributed by atoms with Gasteiger partial charge in [-0.05, 0) is 25.0 Å². The second-order valence-corrected chi connectivity index (χ2v) is 6.28. The maximum absolute atomic E-state index is 12.1. The minimum Gasteiger partial charge on any atom is -0.497 e. The van der Waals surface area contributed by atoms with Crippen molar-refractivity contribution >= 4 is 22.8 Å². The van der Waals surface area contributed by atoms with Crippen molar-refractivity contribution in [3.63, 3.8) is 0 Å². The normalized spacial score (nSPS) is 15.2. The Labute approximate surface area is 146 Å². The molecule has 0 saturated carbocycles. The van der Waals surface area contributed by atoms with Crippen LogP contribution in [0.4, 0.5) is 0 Å². The van der Waals surface area contributed by atoms with Crippen molar-refractivity contribution in [1.82, 2.24) is 20.2 Å². The Morgan fingerprint density at radius 2 is 2.24 bits per heavy atom. The first-order valence-corrected chi connectivity index (χ1v) is 8.73. The van der Waals surface area contributed by atoms with Gasteiger partial charge in [0.2, 0.25) is 11.8 Å². The van der Waals surface area contributed by atoms with Crippen LogP contribution in [0.3, 0.4) is 0 Å². The zero-order valence-corrected chi connectivity index (χ0v) is 14.5. The number of methoxy groups -OCH3 is 1.